The van der Waals surface area contributed by atoms with Crippen LogP contribution in [0.5, 0.6) is 0 Å². The molecule has 18 heavy (non-hydrogen) atoms. The fraction of sp³-hybridized carbons (Fsp3) is 0.429. The van der Waals surface area contributed by atoms with Crippen molar-refractivity contribution < 1.29 is 9.59 Å². The summed E-state index contributed by atoms with van der Waals surface area (Å²) in [5.41, 5.74) is 0.985. The molecule has 95 valence electrons. The van der Waals surface area contributed by atoms with Gasteiger partial charge in [-0.2, -0.15) is 0 Å². The maximum atomic E-state index is 12.4. The Morgan fingerprint density at radius 1 is 1.44 bits per heavy atom. The van der Waals surface area contributed by atoms with Gasteiger partial charge in [0.15, 0.2) is 5.78 Å². The summed E-state index contributed by atoms with van der Waals surface area (Å²) < 4.78 is 0. The van der Waals surface area contributed by atoms with Gasteiger partial charge in [0, 0.05) is 25.6 Å². The number of benzene rings is 1. The zero-order valence-electron chi connectivity index (χ0n) is 10.4. The Kier molecular flexibility index (Phi) is 4.10. The average molecular weight is 245 g/mol. The molecule has 2 atom stereocenters. The summed E-state index contributed by atoms with van der Waals surface area (Å²) >= 11 is 0. The van der Waals surface area contributed by atoms with Gasteiger partial charge in [-0.25, -0.2) is 0 Å². The van der Waals surface area contributed by atoms with Gasteiger partial charge >= 0.3 is 6.41 Å². The van der Waals surface area contributed by atoms with Crippen LogP contribution in [0, 0.1) is 0 Å². The van der Waals surface area contributed by atoms with Crippen molar-refractivity contribution in [3.05, 3.63) is 35.9 Å². The second kappa shape index (κ2) is 5.78. The number of ketones is 1. The first kappa shape index (κ1) is 12.8. The predicted octanol–water partition coefficient (Wildman–Crippen LogP) is 0.700. The first-order valence-corrected chi connectivity index (χ1v) is 6.18. The van der Waals surface area contributed by atoms with Gasteiger partial charge in [0.1, 0.15) is 6.04 Å². The van der Waals surface area contributed by atoms with Crippen molar-refractivity contribution in [2.24, 2.45) is 0 Å². The third-order valence-electron chi connectivity index (χ3n) is 3.42. The molecule has 1 heterocycles. The third kappa shape index (κ3) is 2.59. The van der Waals surface area contributed by atoms with Gasteiger partial charge in [-0.3, -0.25) is 9.59 Å². The van der Waals surface area contributed by atoms with E-state index in [2.05, 4.69) is 5.32 Å². The molecule has 1 aromatic rings. The molecule has 1 N–H and O–H groups in total. The summed E-state index contributed by atoms with van der Waals surface area (Å²) in [4.78, 5) is 24.7. The Hall–Kier alpha value is -1.68. The van der Waals surface area contributed by atoms with E-state index in [1.54, 1.807) is 0 Å². The highest BCUT2D eigenvalue weighted by Gasteiger charge is 2.31. The number of piperazine rings is 1. The van der Waals surface area contributed by atoms with Gasteiger partial charge in [0.05, 0.1) is 0 Å². The van der Waals surface area contributed by atoms with Crippen LogP contribution in [0.25, 0.3) is 0 Å². The quantitative estimate of drug-likeness (QED) is 0.849. The summed E-state index contributed by atoms with van der Waals surface area (Å²) in [7, 11) is 0. The SMILES string of the molecule is CC(C(=O)C1CNCCN1[C]=O)c1ccccc1. The molecular formula is C14H17N2O2. The molecule has 0 bridgehead atoms. The first-order chi connectivity index (χ1) is 8.74. The van der Waals surface area contributed by atoms with Crippen molar-refractivity contribution in [3.8, 4) is 0 Å². The molecule has 4 heteroatoms. The number of carbonyl (C=O) groups excluding carboxylic acids is 2. The molecule has 1 radical (unpaired) electrons. The fourth-order valence-electron chi connectivity index (χ4n) is 2.26. The molecule has 4 nitrogen and oxygen atoms in total. The van der Waals surface area contributed by atoms with Crippen molar-refractivity contribution in [1.29, 1.82) is 0 Å². The van der Waals surface area contributed by atoms with Gasteiger partial charge < -0.3 is 10.2 Å². The van der Waals surface area contributed by atoms with Crippen LogP contribution in [0.1, 0.15) is 18.4 Å². The first-order valence-electron chi connectivity index (χ1n) is 6.18. The number of hydrogen-bond acceptors (Lipinski definition) is 3. The van der Waals surface area contributed by atoms with Crippen LogP contribution >= 0.6 is 0 Å². The number of carbonyl (C=O) groups is 1. The molecule has 0 spiro atoms. The van der Waals surface area contributed by atoms with Crippen molar-refractivity contribution in [3.63, 3.8) is 0 Å². The lowest BCUT2D eigenvalue weighted by Crippen LogP contribution is -2.55. The van der Waals surface area contributed by atoms with E-state index < -0.39 is 6.04 Å². The van der Waals surface area contributed by atoms with E-state index in [1.165, 1.54) is 4.90 Å². The Labute approximate surface area is 107 Å². The van der Waals surface area contributed by atoms with Crippen LogP contribution in [0.3, 0.4) is 0 Å². The van der Waals surface area contributed by atoms with Crippen LogP contribution < -0.4 is 5.32 Å². The van der Waals surface area contributed by atoms with Crippen molar-refractivity contribution in [2.45, 2.75) is 18.9 Å². The number of Topliss-reactive ketones (excluding diaryl/α,β-unsaturated/α-hetero) is 1. The molecule has 0 saturated carbocycles. The Bertz CT molecular complexity index is 419. The van der Waals surface area contributed by atoms with E-state index in [0.29, 0.717) is 13.1 Å². The summed E-state index contributed by atoms with van der Waals surface area (Å²) in [5.74, 6) is -0.135. The summed E-state index contributed by atoms with van der Waals surface area (Å²) in [6.07, 6.45) is 1.86. The zero-order valence-corrected chi connectivity index (χ0v) is 10.4. The molecule has 2 rings (SSSR count). The number of rotatable bonds is 4. The predicted molar refractivity (Wildman–Crippen MR) is 68.9 cm³/mol. The number of nitrogens with zero attached hydrogens (tertiary/aromatic N) is 1. The summed E-state index contributed by atoms with van der Waals surface area (Å²) in [6, 6.07) is 9.24. The molecule has 1 aliphatic rings. The van der Waals surface area contributed by atoms with Crippen LogP contribution in [0.2, 0.25) is 0 Å². The smallest absolute Gasteiger partial charge is 0.312 e. The third-order valence-corrected chi connectivity index (χ3v) is 3.42. The molecule has 1 amide bonds. The number of nitrogens with one attached hydrogen (secondary N) is 1. The Morgan fingerprint density at radius 2 is 2.17 bits per heavy atom. The zero-order chi connectivity index (χ0) is 13.0. The van der Waals surface area contributed by atoms with Crippen LogP contribution in [0.4, 0.5) is 0 Å². The summed E-state index contributed by atoms with van der Waals surface area (Å²) in [6.45, 7) is 3.67. The molecule has 1 aromatic carbocycles. The molecule has 2 unspecified atom stereocenters. The highest BCUT2D eigenvalue weighted by Crippen LogP contribution is 2.19. The molecule has 1 aliphatic heterocycles. The highest BCUT2D eigenvalue weighted by atomic mass is 16.1. The maximum Gasteiger partial charge on any atom is 0.312 e. The lowest BCUT2D eigenvalue weighted by Gasteiger charge is -2.33. The molecule has 1 fully saturated rings. The van der Waals surface area contributed by atoms with Gasteiger partial charge in [-0.05, 0) is 5.56 Å². The fourth-order valence-corrected chi connectivity index (χ4v) is 2.26. The standard InChI is InChI=1S/C14H17N2O2/c1-11(12-5-3-2-4-6-12)14(18)13-9-15-7-8-16(13)10-17/h2-6,11,13,15H,7-9H2,1H3. The van der Waals surface area contributed by atoms with Crippen LogP contribution in [0.15, 0.2) is 30.3 Å². The lowest BCUT2D eigenvalue weighted by atomic mass is 9.91. The largest absolute Gasteiger partial charge is 0.322 e. The number of amides is 1. The van der Waals surface area contributed by atoms with E-state index >= 15 is 0 Å². The summed E-state index contributed by atoms with van der Waals surface area (Å²) in [5, 5.41) is 3.14. The maximum absolute atomic E-state index is 12.4. The van der Waals surface area contributed by atoms with Crippen LogP contribution in [-0.2, 0) is 9.59 Å². The van der Waals surface area contributed by atoms with Gasteiger partial charge in [0.25, 0.3) is 0 Å². The normalized spacial score (nSPS) is 21.4. The minimum Gasteiger partial charge on any atom is -0.322 e. The second-order valence-electron chi connectivity index (χ2n) is 4.54. The van der Waals surface area contributed by atoms with Crippen molar-refractivity contribution in [2.75, 3.05) is 19.6 Å². The molecule has 1 saturated heterocycles. The van der Waals surface area contributed by atoms with E-state index in [0.717, 1.165) is 12.1 Å². The van der Waals surface area contributed by atoms with Crippen molar-refractivity contribution in [1.82, 2.24) is 10.2 Å². The second-order valence-corrected chi connectivity index (χ2v) is 4.54. The molecule has 0 aliphatic carbocycles. The average Bonchev–Trinajstić information content (AvgIpc) is 2.46. The van der Waals surface area contributed by atoms with E-state index in [1.807, 2.05) is 43.7 Å². The van der Waals surface area contributed by atoms with E-state index in [4.69, 9.17) is 0 Å². The Morgan fingerprint density at radius 3 is 2.83 bits per heavy atom. The van der Waals surface area contributed by atoms with Crippen molar-refractivity contribution >= 4 is 12.2 Å². The minimum absolute atomic E-state index is 0.0664. The van der Waals surface area contributed by atoms with Gasteiger partial charge in [-0.15, -0.1) is 0 Å². The highest BCUT2D eigenvalue weighted by molar-refractivity contribution is 5.91. The van der Waals surface area contributed by atoms with Gasteiger partial charge in [0.2, 0.25) is 0 Å². The minimum atomic E-state index is -0.397. The lowest BCUT2D eigenvalue weighted by molar-refractivity contribution is -0.124. The van der Waals surface area contributed by atoms with Gasteiger partial charge in [-0.1, -0.05) is 37.3 Å². The molecule has 0 aromatic heterocycles. The monoisotopic (exact) mass is 245 g/mol. The Balaban J connectivity index is 2.12. The van der Waals surface area contributed by atoms with Crippen LogP contribution in [-0.4, -0.2) is 42.8 Å². The topological polar surface area (TPSA) is 49.4 Å². The number of hydrogen-bond donors (Lipinski definition) is 1. The van der Waals surface area contributed by atoms with E-state index in [9.17, 15) is 9.59 Å². The van der Waals surface area contributed by atoms with E-state index in [-0.39, 0.29) is 11.7 Å². The molecular weight excluding hydrogens is 228 g/mol.